The Balaban J connectivity index is 1.64. The Morgan fingerprint density at radius 1 is 1.16 bits per heavy atom. The Bertz CT molecular complexity index is 746. The first-order valence-electron chi connectivity index (χ1n) is 8.55. The van der Waals surface area contributed by atoms with Gasteiger partial charge in [0.2, 0.25) is 5.91 Å². The van der Waals surface area contributed by atoms with Crippen molar-refractivity contribution in [3.63, 3.8) is 0 Å². The molecular formula is C20H22N2O3. The molecule has 0 radical (unpaired) electrons. The predicted octanol–water partition coefficient (Wildman–Crippen LogP) is 2.62. The molecule has 2 aromatic carbocycles. The highest BCUT2D eigenvalue weighted by molar-refractivity contribution is 5.96. The van der Waals surface area contributed by atoms with E-state index in [4.69, 9.17) is 0 Å². The van der Waals surface area contributed by atoms with Crippen LogP contribution in [0.3, 0.4) is 0 Å². The van der Waals surface area contributed by atoms with Crippen LogP contribution in [-0.2, 0) is 22.4 Å². The van der Waals surface area contributed by atoms with Crippen LogP contribution in [0.1, 0.15) is 24.0 Å². The molecule has 0 aliphatic carbocycles. The van der Waals surface area contributed by atoms with E-state index in [2.05, 4.69) is 10.6 Å². The fourth-order valence-electron chi connectivity index (χ4n) is 3.15. The van der Waals surface area contributed by atoms with E-state index in [0.29, 0.717) is 19.3 Å². The van der Waals surface area contributed by atoms with Crippen molar-refractivity contribution in [3.05, 3.63) is 65.7 Å². The van der Waals surface area contributed by atoms with E-state index in [1.807, 2.05) is 54.6 Å². The van der Waals surface area contributed by atoms with Crippen LogP contribution in [0.15, 0.2) is 54.6 Å². The molecule has 0 fully saturated rings. The number of nitrogens with one attached hydrogen (secondary N) is 2. The summed E-state index contributed by atoms with van der Waals surface area (Å²) in [6, 6.07) is 16.2. The van der Waals surface area contributed by atoms with Crippen molar-refractivity contribution in [2.24, 2.45) is 0 Å². The fourth-order valence-corrected chi connectivity index (χ4v) is 3.15. The Kier molecular flexibility index (Phi) is 5.46. The standard InChI is InChI=1S/C20H22N2O3/c23-19-17(13-11-15-8-4-5-9-16(15)22-19)21-18(20(24)25)12-10-14-6-2-1-3-7-14/h1-9,17-18,21H,10-13H2,(H,22,23)(H,24,25)/t17-,18+/m0/s1. The fraction of sp³-hybridized carbons (Fsp3) is 0.300. The third-order valence-electron chi connectivity index (χ3n) is 4.56. The van der Waals surface area contributed by atoms with Gasteiger partial charge in [0.15, 0.2) is 0 Å². The van der Waals surface area contributed by atoms with Crippen LogP contribution in [0.2, 0.25) is 0 Å². The van der Waals surface area contributed by atoms with Crippen LogP contribution in [0.4, 0.5) is 5.69 Å². The molecule has 5 nitrogen and oxygen atoms in total. The smallest absolute Gasteiger partial charge is 0.320 e. The Labute approximate surface area is 147 Å². The first-order chi connectivity index (χ1) is 12.1. The van der Waals surface area contributed by atoms with Crippen molar-refractivity contribution in [1.29, 1.82) is 0 Å². The van der Waals surface area contributed by atoms with Gasteiger partial charge >= 0.3 is 5.97 Å². The van der Waals surface area contributed by atoms with Crippen LogP contribution in [-0.4, -0.2) is 29.1 Å². The largest absolute Gasteiger partial charge is 0.480 e. The third-order valence-corrected chi connectivity index (χ3v) is 4.56. The zero-order valence-corrected chi connectivity index (χ0v) is 13.9. The van der Waals surface area contributed by atoms with Crippen molar-refractivity contribution < 1.29 is 14.7 Å². The summed E-state index contributed by atoms with van der Waals surface area (Å²) in [7, 11) is 0. The number of aliphatic carboxylic acids is 1. The van der Waals surface area contributed by atoms with Gasteiger partial charge in [-0.05, 0) is 42.9 Å². The number of anilines is 1. The number of amides is 1. The minimum absolute atomic E-state index is 0.170. The maximum atomic E-state index is 12.4. The SMILES string of the molecule is O=C1Nc2ccccc2CC[C@@H]1N[C@H](CCc1ccccc1)C(=O)O. The van der Waals surface area contributed by atoms with E-state index in [0.717, 1.165) is 23.2 Å². The maximum Gasteiger partial charge on any atom is 0.320 e. The lowest BCUT2D eigenvalue weighted by Gasteiger charge is -2.21. The van der Waals surface area contributed by atoms with Gasteiger partial charge in [-0.1, -0.05) is 48.5 Å². The molecule has 0 bridgehead atoms. The molecule has 5 heteroatoms. The number of rotatable bonds is 6. The number of carbonyl (C=O) groups is 2. The zero-order chi connectivity index (χ0) is 17.6. The van der Waals surface area contributed by atoms with E-state index in [1.165, 1.54) is 0 Å². The summed E-state index contributed by atoms with van der Waals surface area (Å²) in [5, 5.41) is 15.5. The summed E-state index contributed by atoms with van der Waals surface area (Å²) < 4.78 is 0. The second-order valence-corrected chi connectivity index (χ2v) is 6.32. The summed E-state index contributed by atoms with van der Waals surface area (Å²) in [5.41, 5.74) is 2.98. The lowest BCUT2D eigenvalue weighted by Crippen LogP contribution is -2.48. The molecule has 25 heavy (non-hydrogen) atoms. The number of benzene rings is 2. The van der Waals surface area contributed by atoms with Crippen LogP contribution >= 0.6 is 0 Å². The highest BCUT2D eigenvalue weighted by atomic mass is 16.4. The van der Waals surface area contributed by atoms with Gasteiger partial charge in [0, 0.05) is 5.69 Å². The van der Waals surface area contributed by atoms with Crippen LogP contribution < -0.4 is 10.6 Å². The molecule has 3 rings (SSSR count). The van der Waals surface area contributed by atoms with Gasteiger partial charge in [-0.3, -0.25) is 14.9 Å². The van der Waals surface area contributed by atoms with Crippen molar-refractivity contribution in [1.82, 2.24) is 5.32 Å². The number of para-hydroxylation sites is 1. The molecule has 2 aromatic rings. The monoisotopic (exact) mass is 338 g/mol. The molecule has 1 aliphatic rings. The molecule has 0 aromatic heterocycles. The maximum absolute atomic E-state index is 12.4. The average molecular weight is 338 g/mol. The molecule has 2 atom stereocenters. The van der Waals surface area contributed by atoms with Gasteiger partial charge in [-0.15, -0.1) is 0 Å². The molecule has 1 aliphatic heterocycles. The molecule has 0 spiro atoms. The minimum atomic E-state index is -0.925. The number of carboxylic acid groups (broad SMARTS) is 1. The average Bonchev–Trinajstić information content (AvgIpc) is 2.78. The van der Waals surface area contributed by atoms with Gasteiger partial charge in [0.1, 0.15) is 6.04 Å². The number of hydrogen-bond acceptors (Lipinski definition) is 3. The Hall–Kier alpha value is -2.66. The highest BCUT2D eigenvalue weighted by Crippen LogP contribution is 2.22. The number of carboxylic acids is 1. The number of aryl methyl sites for hydroxylation is 2. The molecule has 0 saturated carbocycles. The van der Waals surface area contributed by atoms with E-state index >= 15 is 0 Å². The minimum Gasteiger partial charge on any atom is -0.480 e. The lowest BCUT2D eigenvalue weighted by molar-refractivity contribution is -0.140. The summed E-state index contributed by atoms with van der Waals surface area (Å²) in [4.78, 5) is 24.1. The Morgan fingerprint density at radius 3 is 2.64 bits per heavy atom. The van der Waals surface area contributed by atoms with E-state index < -0.39 is 18.1 Å². The topological polar surface area (TPSA) is 78.4 Å². The van der Waals surface area contributed by atoms with E-state index in [9.17, 15) is 14.7 Å². The molecule has 1 heterocycles. The quantitative estimate of drug-likeness (QED) is 0.756. The van der Waals surface area contributed by atoms with Crippen molar-refractivity contribution in [2.45, 2.75) is 37.8 Å². The first kappa shape index (κ1) is 17.2. The second kappa shape index (κ2) is 7.94. The van der Waals surface area contributed by atoms with Gasteiger partial charge in [-0.25, -0.2) is 0 Å². The van der Waals surface area contributed by atoms with Crippen LogP contribution in [0.5, 0.6) is 0 Å². The summed E-state index contributed by atoms with van der Waals surface area (Å²) in [6.45, 7) is 0. The molecule has 3 N–H and O–H groups in total. The molecule has 0 saturated heterocycles. The first-order valence-corrected chi connectivity index (χ1v) is 8.55. The number of fused-ring (bicyclic) bond motifs is 1. The molecule has 130 valence electrons. The van der Waals surface area contributed by atoms with Gasteiger partial charge in [0.05, 0.1) is 6.04 Å². The highest BCUT2D eigenvalue weighted by Gasteiger charge is 2.28. The molecule has 1 amide bonds. The third kappa shape index (κ3) is 4.45. The predicted molar refractivity (Wildman–Crippen MR) is 96.5 cm³/mol. The summed E-state index contributed by atoms with van der Waals surface area (Å²) >= 11 is 0. The normalized spacial score (nSPS) is 17.9. The van der Waals surface area contributed by atoms with Crippen LogP contribution in [0.25, 0.3) is 0 Å². The van der Waals surface area contributed by atoms with E-state index in [-0.39, 0.29) is 5.91 Å². The molecule has 0 unspecified atom stereocenters. The van der Waals surface area contributed by atoms with Crippen LogP contribution in [0, 0.1) is 0 Å². The summed E-state index contributed by atoms with van der Waals surface area (Å²) in [6.07, 6.45) is 2.41. The van der Waals surface area contributed by atoms with Crippen molar-refractivity contribution >= 4 is 17.6 Å². The molecular weight excluding hydrogens is 316 g/mol. The van der Waals surface area contributed by atoms with Gasteiger partial charge in [0.25, 0.3) is 0 Å². The lowest BCUT2D eigenvalue weighted by atomic mass is 10.0. The van der Waals surface area contributed by atoms with Gasteiger partial charge in [-0.2, -0.15) is 0 Å². The van der Waals surface area contributed by atoms with E-state index in [1.54, 1.807) is 0 Å². The Morgan fingerprint density at radius 2 is 1.88 bits per heavy atom. The number of carbonyl (C=O) groups excluding carboxylic acids is 1. The summed E-state index contributed by atoms with van der Waals surface area (Å²) in [5.74, 6) is -1.10. The number of hydrogen-bond donors (Lipinski definition) is 3. The van der Waals surface area contributed by atoms with Crippen molar-refractivity contribution in [3.8, 4) is 0 Å². The van der Waals surface area contributed by atoms with Gasteiger partial charge < -0.3 is 10.4 Å². The zero-order valence-electron chi connectivity index (χ0n) is 13.9. The second-order valence-electron chi connectivity index (χ2n) is 6.32. The van der Waals surface area contributed by atoms with Crippen molar-refractivity contribution in [2.75, 3.05) is 5.32 Å².